The van der Waals surface area contributed by atoms with Gasteiger partial charge in [-0.2, -0.15) is 0 Å². The average molecular weight is 252 g/mol. The van der Waals surface area contributed by atoms with E-state index >= 15 is 0 Å². The van der Waals surface area contributed by atoms with Gasteiger partial charge in [0.25, 0.3) is 5.56 Å². The van der Waals surface area contributed by atoms with Crippen molar-refractivity contribution in [2.45, 2.75) is 33.2 Å². The van der Waals surface area contributed by atoms with Crippen molar-refractivity contribution in [3.8, 4) is 0 Å². The quantitative estimate of drug-likeness (QED) is 0.793. The van der Waals surface area contributed by atoms with Gasteiger partial charge in [0.15, 0.2) is 0 Å². The number of amides is 1. The summed E-state index contributed by atoms with van der Waals surface area (Å²) in [6, 6.07) is 1.29. The molecule has 1 amide bonds. The second-order valence-electron chi connectivity index (χ2n) is 4.15. The molecular weight excluding hydrogens is 236 g/mol. The maximum absolute atomic E-state index is 11.8. The number of carboxylic acids is 1. The Bertz CT molecular complexity index is 546. The zero-order valence-corrected chi connectivity index (χ0v) is 10.4. The number of primary amides is 1. The number of hydrogen-bond acceptors (Lipinski definition) is 3. The van der Waals surface area contributed by atoms with Crippen molar-refractivity contribution in [1.29, 1.82) is 0 Å². The normalized spacial score (nSPS) is 10.3. The van der Waals surface area contributed by atoms with Crippen molar-refractivity contribution in [3.05, 3.63) is 33.2 Å². The van der Waals surface area contributed by atoms with Gasteiger partial charge < -0.3 is 15.4 Å². The van der Waals surface area contributed by atoms with E-state index in [1.807, 2.05) is 0 Å². The minimum atomic E-state index is -1.06. The van der Waals surface area contributed by atoms with Crippen LogP contribution >= 0.6 is 0 Å². The van der Waals surface area contributed by atoms with E-state index in [4.69, 9.17) is 10.8 Å². The molecule has 1 rings (SSSR count). The first-order valence-corrected chi connectivity index (χ1v) is 5.57. The molecule has 0 saturated carbocycles. The van der Waals surface area contributed by atoms with Gasteiger partial charge in [0, 0.05) is 24.7 Å². The number of aromatic nitrogens is 1. The number of hydrogen-bond donors (Lipinski definition) is 2. The van der Waals surface area contributed by atoms with Crippen molar-refractivity contribution in [3.63, 3.8) is 0 Å². The molecule has 0 aromatic carbocycles. The van der Waals surface area contributed by atoms with E-state index in [9.17, 15) is 14.4 Å². The van der Waals surface area contributed by atoms with Crippen LogP contribution in [0.25, 0.3) is 0 Å². The molecule has 6 nitrogen and oxygen atoms in total. The lowest BCUT2D eigenvalue weighted by molar-refractivity contribution is -0.118. The van der Waals surface area contributed by atoms with Crippen molar-refractivity contribution in [2.75, 3.05) is 0 Å². The van der Waals surface area contributed by atoms with Gasteiger partial charge in [0.05, 0.1) is 5.56 Å². The molecule has 0 unspecified atom stereocenters. The van der Waals surface area contributed by atoms with Gasteiger partial charge in [-0.3, -0.25) is 9.59 Å². The molecule has 0 aliphatic carbocycles. The van der Waals surface area contributed by atoms with Crippen LogP contribution in [0, 0.1) is 13.8 Å². The predicted octanol–water partition coefficient (Wildman–Crippen LogP) is 0.429. The van der Waals surface area contributed by atoms with Crippen molar-refractivity contribution in [1.82, 2.24) is 4.57 Å². The molecule has 18 heavy (non-hydrogen) atoms. The lowest BCUT2D eigenvalue weighted by Crippen LogP contribution is -2.26. The van der Waals surface area contributed by atoms with Crippen LogP contribution in [0.3, 0.4) is 0 Å². The molecule has 6 heteroatoms. The van der Waals surface area contributed by atoms with Gasteiger partial charge in [-0.05, 0) is 25.8 Å². The van der Waals surface area contributed by atoms with E-state index in [0.29, 0.717) is 17.7 Å². The molecule has 0 atom stereocenters. The fourth-order valence-electron chi connectivity index (χ4n) is 1.93. The van der Waals surface area contributed by atoms with Crippen LogP contribution in [-0.4, -0.2) is 21.6 Å². The van der Waals surface area contributed by atoms with Crippen LogP contribution in [0.5, 0.6) is 0 Å². The third-order valence-electron chi connectivity index (χ3n) is 2.79. The van der Waals surface area contributed by atoms with E-state index in [-0.39, 0.29) is 24.1 Å². The van der Waals surface area contributed by atoms with E-state index in [0.717, 1.165) is 0 Å². The lowest BCUT2D eigenvalue weighted by atomic mass is 10.1. The molecule has 0 saturated heterocycles. The lowest BCUT2D eigenvalue weighted by Gasteiger charge is -2.13. The van der Waals surface area contributed by atoms with Crippen LogP contribution in [0.15, 0.2) is 10.9 Å². The minimum Gasteiger partial charge on any atom is -0.478 e. The molecule has 0 radical (unpaired) electrons. The molecule has 1 aromatic rings. The van der Waals surface area contributed by atoms with E-state index in [1.165, 1.54) is 10.6 Å². The van der Waals surface area contributed by atoms with Crippen LogP contribution in [0.4, 0.5) is 0 Å². The Labute approximate surface area is 104 Å². The fraction of sp³-hybridized carbons (Fsp3) is 0.417. The summed E-state index contributed by atoms with van der Waals surface area (Å²) in [5.74, 6) is -1.50. The highest BCUT2D eigenvalue weighted by Gasteiger charge is 2.15. The number of aryl methyl sites for hydroxylation is 1. The number of nitrogens with two attached hydrogens (primary N) is 1. The summed E-state index contributed by atoms with van der Waals surface area (Å²) in [5.41, 5.74) is 5.72. The highest BCUT2D eigenvalue weighted by Crippen LogP contribution is 2.11. The van der Waals surface area contributed by atoms with Gasteiger partial charge in [-0.15, -0.1) is 0 Å². The third-order valence-corrected chi connectivity index (χ3v) is 2.79. The van der Waals surface area contributed by atoms with E-state index in [1.54, 1.807) is 13.8 Å². The van der Waals surface area contributed by atoms with Gasteiger partial charge in [0.2, 0.25) is 5.91 Å². The first-order chi connectivity index (χ1) is 8.34. The second-order valence-corrected chi connectivity index (χ2v) is 4.15. The highest BCUT2D eigenvalue weighted by atomic mass is 16.4. The standard InChI is InChI=1S/C12H16N2O4/c1-7-6-10(16)14(5-3-4-9(13)15)8(2)11(7)12(17)18/h6H,3-5H2,1-2H3,(H2,13,15)(H,17,18). The van der Waals surface area contributed by atoms with Gasteiger partial charge in [-0.1, -0.05) is 0 Å². The first kappa shape index (κ1) is 14.0. The average Bonchev–Trinajstić information content (AvgIpc) is 2.21. The van der Waals surface area contributed by atoms with Crippen molar-refractivity contribution in [2.24, 2.45) is 5.73 Å². The summed E-state index contributed by atoms with van der Waals surface area (Å²) in [7, 11) is 0. The maximum atomic E-state index is 11.8. The van der Waals surface area contributed by atoms with Crippen LogP contribution in [0.2, 0.25) is 0 Å². The SMILES string of the molecule is Cc1cc(=O)n(CCCC(N)=O)c(C)c1C(=O)O. The Morgan fingerprint density at radius 1 is 1.39 bits per heavy atom. The topological polar surface area (TPSA) is 102 Å². The molecule has 1 aromatic heterocycles. The summed E-state index contributed by atoms with van der Waals surface area (Å²) >= 11 is 0. The second kappa shape index (κ2) is 5.48. The summed E-state index contributed by atoms with van der Waals surface area (Å²) in [6.45, 7) is 3.46. The zero-order valence-electron chi connectivity index (χ0n) is 10.4. The Morgan fingerprint density at radius 3 is 2.50 bits per heavy atom. The molecule has 0 bridgehead atoms. The molecule has 1 heterocycles. The number of aromatic carboxylic acids is 1. The molecule has 0 spiro atoms. The highest BCUT2D eigenvalue weighted by molar-refractivity contribution is 5.90. The summed E-state index contributed by atoms with van der Waals surface area (Å²) in [6.07, 6.45) is 0.584. The Hall–Kier alpha value is -2.11. The number of carbonyl (C=O) groups excluding carboxylic acids is 1. The number of rotatable bonds is 5. The monoisotopic (exact) mass is 252 g/mol. The van der Waals surface area contributed by atoms with Crippen LogP contribution < -0.4 is 11.3 Å². The smallest absolute Gasteiger partial charge is 0.337 e. The number of pyridine rings is 1. The largest absolute Gasteiger partial charge is 0.478 e. The Kier molecular flexibility index (Phi) is 4.25. The summed E-state index contributed by atoms with van der Waals surface area (Å²) < 4.78 is 1.36. The van der Waals surface area contributed by atoms with E-state index < -0.39 is 11.9 Å². The zero-order chi connectivity index (χ0) is 13.9. The third kappa shape index (κ3) is 2.97. The molecule has 0 aliphatic rings. The Morgan fingerprint density at radius 2 is 2.00 bits per heavy atom. The fourth-order valence-corrected chi connectivity index (χ4v) is 1.93. The number of carboxylic acid groups (broad SMARTS) is 1. The van der Waals surface area contributed by atoms with Crippen molar-refractivity contribution < 1.29 is 14.7 Å². The van der Waals surface area contributed by atoms with E-state index in [2.05, 4.69) is 0 Å². The minimum absolute atomic E-state index is 0.133. The van der Waals surface area contributed by atoms with Gasteiger partial charge in [0.1, 0.15) is 0 Å². The van der Waals surface area contributed by atoms with Crippen molar-refractivity contribution >= 4 is 11.9 Å². The number of carbonyl (C=O) groups is 2. The molecule has 0 fully saturated rings. The van der Waals surface area contributed by atoms with Crippen LogP contribution in [-0.2, 0) is 11.3 Å². The number of nitrogens with zero attached hydrogens (tertiary/aromatic N) is 1. The van der Waals surface area contributed by atoms with Crippen LogP contribution in [0.1, 0.15) is 34.5 Å². The maximum Gasteiger partial charge on any atom is 0.337 e. The summed E-state index contributed by atoms with van der Waals surface area (Å²) in [5, 5.41) is 9.09. The molecule has 98 valence electrons. The predicted molar refractivity (Wildman–Crippen MR) is 65.6 cm³/mol. The molecular formula is C12H16N2O4. The Balaban J connectivity index is 3.12. The molecule has 0 aliphatic heterocycles. The van der Waals surface area contributed by atoms with Gasteiger partial charge >= 0.3 is 5.97 Å². The summed E-state index contributed by atoms with van der Waals surface area (Å²) in [4.78, 5) is 33.5. The molecule has 3 N–H and O–H groups in total. The first-order valence-electron chi connectivity index (χ1n) is 5.57. The van der Waals surface area contributed by atoms with Gasteiger partial charge in [-0.25, -0.2) is 4.79 Å².